The van der Waals surface area contributed by atoms with Crippen LogP contribution in [-0.4, -0.2) is 62.4 Å². The van der Waals surface area contributed by atoms with Gasteiger partial charge in [0.2, 0.25) is 5.91 Å². The molecular weight excluding hydrogens is 442 g/mol. The van der Waals surface area contributed by atoms with E-state index in [1.54, 1.807) is 30.2 Å². The van der Waals surface area contributed by atoms with E-state index in [0.29, 0.717) is 19.6 Å². The highest BCUT2D eigenvalue weighted by Crippen LogP contribution is 2.34. The first-order chi connectivity index (χ1) is 15.5. The van der Waals surface area contributed by atoms with Crippen LogP contribution in [-0.2, 0) is 4.79 Å². The highest BCUT2D eigenvalue weighted by atomic mass is 32.2. The summed E-state index contributed by atoms with van der Waals surface area (Å²) in [6.45, 7) is 3.94. The van der Waals surface area contributed by atoms with Crippen LogP contribution in [0.2, 0.25) is 0 Å². The molecule has 1 aromatic heterocycles. The Morgan fingerprint density at radius 3 is 2.59 bits per heavy atom. The second-order valence-electron chi connectivity index (χ2n) is 7.51. The summed E-state index contributed by atoms with van der Waals surface area (Å²) in [5.74, 6) is 2.61. The van der Waals surface area contributed by atoms with Crippen LogP contribution in [0.25, 0.3) is 10.2 Å². The molecular formula is C24H31N3O3S2. The van der Waals surface area contributed by atoms with Crippen molar-refractivity contribution in [1.29, 1.82) is 0 Å². The monoisotopic (exact) mass is 473 g/mol. The van der Waals surface area contributed by atoms with Crippen molar-refractivity contribution < 1.29 is 14.3 Å². The van der Waals surface area contributed by atoms with Crippen LogP contribution in [0.4, 0.5) is 5.13 Å². The smallest absolute Gasteiger partial charge is 0.228 e. The predicted molar refractivity (Wildman–Crippen MR) is 135 cm³/mol. The number of hydrogen-bond donors (Lipinski definition) is 0. The maximum Gasteiger partial charge on any atom is 0.228 e. The molecule has 2 aromatic carbocycles. The SMILES string of the molecule is CCOc1cccc2sc(N(CCN(C)C)C(=O)CCCSc3ccc(OC)cc3)nc12. The highest BCUT2D eigenvalue weighted by molar-refractivity contribution is 7.99. The van der Waals surface area contributed by atoms with Crippen LogP contribution in [0, 0.1) is 0 Å². The molecule has 0 saturated carbocycles. The molecule has 8 heteroatoms. The Hall–Kier alpha value is -2.29. The maximum absolute atomic E-state index is 13.2. The number of likely N-dealkylation sites (N-methyl/N-ethyl adjacent to an activating group) is 1. The van der Waals surface area contributed by atoms with Crippen molar-refractivity contribution in [3.63, 3.8) is 0 Å². The summed E-state index contributed by atoms with van der Waals surface area (Å²) in [7, 11) is 5.69. The van der Waals surface area contributed by atoms with Gasteiger partial charge in [0.25, 0.3) is 0 Å². The van der Waals surface area contributed by atoms with Crippen molar-refractivity contribution in [3.8, 4) is 11.5 Å². The van der Waals surface area contributed by atoms with Gasteiger partial charge >= 0.3 is 0 Å². The van der Waals surface area contributed by atoms with E-state index in [2.05, 4.69) is 4.90 Å². The minimum Gasteiger partial charge on any atom is -0.497 e. The molecule has 0 bridgehead atoms. The number of para-hydroxylation sites is 1. The first-order valence-electron chi connectivity index (χ1n) is 10.8. The quantitative estimate of drug-likeness (QED) is 0.267. The summed E-state index contributed by atoms with van der Waals surface area (Å²) in [5, 5.41) is 0.738. The van der Waals surface area contributed by atoms with Gasteiger partial charge in [-0.15, -0.1) is 11.8 Å². The van der Waals surface area contributed by atoms with E-state index >= 15 is 0 Å². The summed E-state index contributed by atoms with van der Waals surface area (Å²) in [6, 6.07) is 13.9. The van der Waals surface area contributed by atoms with Gasteiger partial charge in [0.15, 0.2) is 5.13 Å². The fourth-order valence-electron chi connectivity index (χ4n) is 3.15. The third kappa shape index (κ3) is 6.60. The zero-order chi connectivity index (χ0) is 22.9. The molecule has 0 fully saturated rings. The van der Waals surface area contributed by atoms with Crippen molar-refractivity contribution >= 4 is 44.4 Å². The van der Waals surface area contributed by atoms with Crippen LogP contribution in [0.1, 0.15) is 19.8 Å². The molecule has 0 spiro atoms. The number of fused-ring (bicyclic) bond motifs is 1. The number of thioether (sulfide) groups is 1. The molecule has 0 atom stereocenters. The van der Waals surface area contributed by atoms with Crippen LogP contribution in [0.15, 0.2) is 47.4 Å². The molecule has 0 aliphatic rings. The van der Waals surface area contributed by atoms with Gasteiger partial charge in [-0.1, -0.05) is 17.4 Å². The van der Waals surface area contributed by atoms with Gasteiger partial charge in [-0.3, -0.25) is 9.69 Å². The number of rotatable bonds is 12. The van der Waals surface area contributed by atoms with Gasteiger partial charge in [0, 0.05) is 24.4 Å². The Morgan fingerprint density at radius 2 is 1.91 bits per heavy atom. The highest BCUT2D eigenvalue weighted by Gasteiger charge is 2.20. The van der Waals surface area contributed by atoms with Crippen LogP contribution in [0.5, 0.6) is 11.5 Å². The van der Waals surface area contributed by atoms with E-state index in [0.717, 1.165) is 45.6 Å². The first-order valence-corrected chi connectivity index (χ1v) is 12.6. The average molecular weight is 474 g/mol. The number of methoxy groups -OCH3 is 1. The van der Waals surface area contributed by atoms with Crippen molar-refractivity contribution in [1.82, 2.24) is 9.88 Å². The largest absolute Gasteiger partial charge is 0.497 e. The Bertz CT molecular complexity index is 1010. The second-order valence-corrected chi connectivity index (χ2v) is 9.69. The minimum atomic E-state index is 0.110. The molecule has 0 radical (unpaired) electrons. The lowest BCUT2D eigenvalue weighted by molar-refractivity contribution is -0.118. The van der Waals surface area contributed by atoms with E-state index in [-0.39, 0.29) is 5.91 Å². The molecule has 0 aliphatic carbocycles. The number of nitrogens with zero attached hydrogens (tertiary/aromatic N) is 3. The lowest BCUT2D eigenvalue weighted by Gasteiger charge is -2.22. The second kappa shape index (κ2) is 12.1. The van der Waals surface area contributed by atoms with Crippen molar-refractivity contribution in [3.05, 3.63) is 42.5 Å². The number of benzene rings is 2. The third-order valence-electron chi connectivity index (χ3n) is 4.84. The molecule has 1 heterocycles. The van der Waals surface area contributed by atoms with Gasteiger partial charge in [-0.05, 0) is 69.6 Å². The van der Waals surface area contributed by atoms with Gasteiger partial charge in [0.1, 0.15) is 17.0 Å². The van der Waals surface area contributed by atoms with Gasteiger partial charge in [-0.2, -0.15) is 0 Å². The molecule has 3 aromatic rings. The summed E-state index contributed by atoms with van der Waals surface area (Å²) < 4.78 is 12.0. The average Bonchev–Trinajstić information content (AvgIpc) is 3.22. The topological polar surface area (TPSA) is 54.9 Å². The predicted octanol–water partition coefficient (Wildman–Crippen LogP) is 5.17. The number of hydrogen-bond acceptors (Lipinski definition) is 7. The zero-order valence-electron chi connectivity index (χ0n) is 19.2. The van der Waals surface area contributed by atoms with Gasteiger partial charge in [-0.25, -0.2) is 4.98 Å². The van der Waals surface area contributed by atoms with Crippen molar-refractivity contribution in [2.75, 3.05) is 51.6 Å². The van der Waals surface area contributed by atoms with Gasteiger partial charge in [0.05, 0.1) is 18.4 Å². The summed E-state index contributed by atoms with van der Waals surface area (Å²) in [5.41, 5.74) is 0.826. The molecule has 32 heavy (non-hydrogen) atoms. The lowest BCUT2D eigenvalue weighted by Crippen LogP contribution is -2.36. The normalized spacial score (nSPS) is 11.2. The lowest BCUT2D eigenvalue weighted by atomic mass is 10.3. The van der Waals surface area contributed by atoms with E-state index < -0.39 is 0 Å². The van der Waals surface area contributed by atoms with E-state index in [1.165, 1.54) is 4.90 Å². The Morgan fingerprint density at radius 1 is 1.12 bits per heavy atom. The summed E-state index contributed by atoms with van der Waals surface area (Å²) in [6.07, 6.45) is 1.30. The Kier molecular flexibility index (Phi) is 9.20. The summed E-state index contributed by atoms with van der Waals surface area (Å²) >= 11 is 3.30. The molecule has 0 unspecified atom stereocenters. The number of anilines is 1. The zero-order valence-corrected chi connectivity index (χ0v) is 20.8. The van der Waals surface area contributed by atoms with Crippen LogP contribution in [0.3, 0.4) is 0 Å². The molecule has 3 rings (SSSR count). The molecule has 6 nitrogen and oxygen atoms in total. The Labute approximate surface area is 198 Å². The van der Waals surface area contributed by atoms with E-state index in [4.69, 9.17) is 14.5 Å². The fourth-order valence-corrected chi connectivity index (χ4v) is 5.03. The number of thiazole rings is 1. The first kappa shape index (κ1) is 24.4. The van der Waals surface area contributed by atoms with Gasteiger partial charge < -0.3 is 14.4 Å². The fraction of sp³-hybridized carbons (Fsp3) is 0.417. The van der Waals surface area contributed by atoms with Crippen LogP contribution < -0.4 is 14.4 Å². The molecule has 0 saturated heterocycles. The number of ether oxygens (including phenoxy) is 2. The third-order valence-corrected chi connectivity index (χ3v) is 6.98. The number of amides is 1. The molecule has 172 valence electrons. The molecule has 0 aliphatic heterocycles. The minimum absolute atomic E-state index is 0.110. The molecule has 0 N–H and O–H groups in total. The van der Waals surface area contributed by atoms with E-state index in [1.807, 2.05) is 68.4 Å². The number of carbonyl (C=O) groups excluding carboxylic acids is 1. The Balaban J connectivity index is 1.65. The number of aromatic nitrogens is 1. The molecule has 1 amide bonds. The van der Waals surface area contributed by atoms with Crippen molar-refractivity contribution in [2.24, 2.45) is 0 Å². The maximum atomic E-state index is 13.2. The number of carbonyl (C=O) groups is 1. The summed E-state index contributed by atoms with van der Waals surface area (Å²) in [4.78, 5) is 23.0. The van der Waals surface area contributed by atoms with Crippen molar-refractivity contribution in [2.45, 2.75) is 24.7 Å². The standard InChI is InChI=1S/C24H31N3O3S2/c1-5-30-20-8-6-9-21-23(20)25-24(32-21)27(16-15-26(2)3)22(28)10-7-17-31-19-13-11-18(29-4)12-14-19/h6,8-9,11-14H,5,7,10,15-17H2,1-4H3. The van der Waals surface area contributed by atoms with E-state index in [9.17, 15) is 4.79 Å². The van der Waals surface area contributed by atoms with Crippen LogP contribution >= 0.6 is 23.1 Å².